The molecule has 0 amide bonds. The summed E-state index contributed by atoms with van der Waals surface area (Å²) in [5, 5.41) is 6.49. The molecule has 0 aliphatic carbocycles. The lowest BCUT2D eigenvalue weighted by atomic mass is 9.93. The van der Waals surface area contributed by atoms with E-state index >= 15 is 0 Å². The molecule has 1 heterocycles. The number of sulfonamides is 1. The van der Waals surface area contributed by atoms with Gasteiger partial charge in [0.15, 0.2) is 5.03 Å². The van der Waals surface area contributed by atoms with Gasteiger partial charge in [-0.3, -0.25) is 0 Å². The van der Waals surface area contributed by atoms with Crippen LogP contribution in [-0.4, -0.2) is 20.8 Å². The minimum absolute atomic E-state index is 0.0568. The average molecular weight is 523 g/mol. The number of halogens is 2. The van der Waals surface area contributed by atoms with E-state index in [1.54, 1.807) is 36.4 Å². The third-order valence-electron chi connectivity index (χ3n) is 5.38. The molecule has 0 saturated carbocycles. The van der Waals surface area contributed by atoms with E-state index in [9.17, 15) is 16.8 Å². The molecule has 6 nitrogen and oxygen atoms in total. The van der Waals surface area contributed by atoms with Crippen molar-refractivity contribution >= 4 is 54.2 Å². The Morgan fingerprint density at radius 2 is 1.48 bits per heavy atom. The molecule has 0 radical (unpaired) electrons. The standard InChI is InChI=1S/C23H20Cl2N2O4S2/c1-15(13-16-7-9-17(24)10-8-16)22-20-14-18(25)11-12-21(20)27(23(22)32(26,28)29)33(30,31)19-5-3-2-4-6-19/h2-12,14-15H,13H2,1H3,(H2,26,28,29). The van der Waals surface area contributed by atoms with Gasteiger partial charge in [0.2, 0.25) is 0 Å². The smallest absolute Gasteiger partial charge is 0.223 e. The first kappa shape index (κ1) is 23.8. The Balaban J connectivity index is 2.05. The van der Waals surface area contributed by atoms with E-state index in [2.05, 4.69) is 0 Å². The molecule has 0 aliphatic rings. The molecule has 4 aromatic rings. The summed E-state index contributed by atoms with van der Waals surface area (Å²) in [6.45, 7) is 1.82. The predicted octanol–water partition coefficient (Wildman–Crippen LogP) is 5.18. The number of fused-ring (bicyclic) bond motifs is 1. The van der Waals surface area contributed by atoms with Crippen LogP contribution in [0.3, 0.4) is 0 Å². The first-order valence-electron chi connectivity index (χ1n) is 9.92. The fourth-order valence-electron chi connectivity index (χ4n) is 3.99. The molecule has 0 bridgehead atoms. The lowest BCUT2D eigenvalue weighted by molar-refractivity contribution is 0.571. The number of primary sulfonamides is 1. The van der Waals surface area contributed by atoms with E-state index in [4.69, 9.17) is 28.3 Å². The summed E-state index contributed by atoms with van der Waals surface area (Å²) in [5.74, 6) is -0.410. The summed E-state index contributed by atoms with van der Waals surface area (Å²) in [4.78, 5) is -0.0568. The topological polar surface area (TPSA) is 99.2 Å². The van der Waals surface area contributed by atoms with Crippen LogP contribution < -0.4 is 5.14 Å². The molecular formula is C23H20Cl2N2O4S2. The number of benzene rings is 3. The van der Waals surface area contributed by atoms with Crippen LogP contribution in [0.15, 0.2) is 82.7 Å². The fraction of sp³-hybridized carbons (Fsp3) is 0.130. The van der Waals surface area contributed by atoms with Gasteiger partial charge in [0, 0.05) is 21.0 Å². The first-order valence-corrected chi connectivity index (χ1v) is 13.7. The highest BCUT2D eigenvalue weighted by atomic mass is 35.5. The summed E-state index contributed by atoms with van der Waals surface area (Å²) in [6.07, 6.45) is 0.427. The molecule has 4 rings (SSSR count). The second-order valence-corrected chi connectivity index (χ2v) is 11.9. The average Bonchev–Trinajstić information content (AvgIpc) is 3.11. The third kappa shape index (κ3) is 4.54. The van der Waals surface area contributed by atoms with Gasteiger partial charge in [0.1, 0.15) is 0 Å². The maximum absolute atomic E-state index is 13.6. The van der Waals surface area contributed by atoms with Gasteiger partial charge in [-0.25, -0.2) is 25.9 Å². The second-order valence-electron chi connectivity index (χ2n) is 7.74. The van der Waals surface area contributed by atoms with E-state index in [0.29, 0.717) is 27.4 Å². The Morgan fingerprint density at radius 3 is 2.09 bits per heavy atom. The van der Waals surface area contributed by atoms with Gasteiger partial charge >= 0.3 is 0 Å². The molecule has 2 N–H and O–H groups in total. The third-order valence-corrected chi connectivity index (χ3v) is 8.65. The highest BCUT2D eigenvalue weighted by molar-refractivity contribution is 7.92. The van der Waals surface area contributed by atoms with Crippen LogP contribution in [0.25, 0.3) is 10.9 Å². The van der Waals surface area contributed by atoms with Crippen LogP contribution in [0, 0.1) is 0 Å². The molecular weight excluding hydrogens is 503 g/mol. The zero-order chi connectivity index (χ0) is 24.0. The zero-order valence-electron chi connectivity index (χ0n) is 17.4. The summed E-state index contributed by atoms with van der Waals surface area (Å²) in [7, 11) is -8.74. The lowest BCUT2D eigenvalue weighted by Gasteiger charge is -2.15. The van der Waals surface area contributed by atoms with E-state index < -0.39 is 31.0 Å². The molecule has 1 unspecified atom stereocenters. The van der Waals surface area contributed by atoms with Crippen LogP contribution >= 0.6 is 23.2 Å². The summed E-state index contributed by atoms with van der Waals surface area (Å²) in [5.41, 5.74) is 1.39. The quantitative estimate of drug-likeness (QED) is 0.377. The molecule has 3 aromatic carbocycles. The van der Waals surface area contributed by atoms with Gasteiger partial charge in [-0.15, -0.1) is 0 Å². The first-order chi connectivity index (χ1) is 15.5. The minimum Gasteiger partial charge on any atom is -0.223 e. The Labute approximate surface area is 202 Å². The Bertz CT molecular complexity index is 1550. The normalized spacial score (nSPS) is 13.3. The highest BCUT2D eigenvalue weighted by Gasteiger charge is 2.34. The maximum atomic E-state index is 13.6. The Kier molecular flexibility index (Phi) is 6.32. The van der Waals surface area contributed by atoms with E-state index in [0.717, 1.165) is 9.54 Å². The van der Waals surface area contributed by atoms with Crippen molar-refractivity contribution < 1.29 is 16.8 Å². The maximum Gasteiger partial charge on any atom is 0.269 e. The molecule has 1 atom stereocenters. The second kappa shape index (κ2) is 8.77. The van der Waals surface area contributed by atoms with Gasteiger partial charge in [0.05, 0.1) is 10.4 Å². The highest BCUT2D eigenvalue weighted by Crippen LogP contribution is 2.39. The molecule has 0 aliphatic heterocycles. The Morgan fingerprint density at radius 1 is 0.879 bits per heavy atom. The van der Waals surface area contributed by atoms with Crippen molar-refractivity contribution in [2.75, 3.05) is 0 Å². The zero-order valence-corrected chi connectivity index (χ0v) is 20.6. The van der Waals surface area contributed by atoms with Crippen molar-refractivity contribution in [3.63, 3.8) is 0 Å². The van der Waals surface area contributed by atoms with Gasteiger partial charge in [-0.2, -0.15) is 0 Å². The van der Waals surface area contributed by atoms with Crippen molar-refractivity contribution in [2.24, 2.45) is 5.14 Å². The lowest BCUT2D eigenvalue weighted by Crippen LogP contribution is -2.24. The largest absolute Gasteiger partial charge is 0.269 e. The Hall–Kier alpha value is -2.36. The number of nitrogens with zero attached hydrogens (tertiary/aromatic N) is 1. The molecule has 0 saturated heterocycles. The number of rotatable bonds is 6. The van der Waals surface area contributed by atoms with E-state index in [-0.39, 0.29) is 10.4 Å². The monoisotopic (exact) mass is 522 g/mol. The van der Waals surface area contributed by atoms with Crippen LogP contribution in [0.1, 0.15) is 24.0 Å². The van der Waals surface area contributed by atoms with Crippen LogP contribution in [0.5, 0.6) is 0 Å². The predicted molar refractivity (Wildman–Crippen MR) is 131 cm³/mol. The van der Waals surface area contributed by atoms with Gasteiger partial charge in [-0.1, -0.05) is 60.5 Å². The van der Waals surface area contributed by atoms with Gasteiger partial charge < -0.3 is 0 Å². The summed E-state index contributed by atoms with van der Waals surface area (Å²) >= 11 is 12.2. The van der Waals surface area contributed by atoms with Crippen molar-refractivity contribution in [2.45, 2.75) is 29.2 Å². The number of hydrogen-bond donors (Lipinski definition) is 1. The number of nitrogens with two attached hydrogens (primary N) is 1. The van der Waals surface area contributed by atoms with E-state index in [1.807, 2.05) is 19.1 Å². The number of hydrogen-bond acceptors (Lipinski definition) is 4. The summed E-state index contributed by atoms with van der Waals surface area (Å²) in [6, 6.07) is 19.3. The number of aromatic nitrogens is 1. The van der Waals surface area contributed by atoms with Crippen LogP contribution in [-0.2, 0) is 26.5 Å². The fourth-order valence-corrected chi connectivity index (χ4v) is 7.29. The molecule has 33 heavy (non-hydrogen) atoms. The molecule has 10 heteroatoms. The van der Waals surface area contributed by atoms with Crippen LogP contribution in [0.4, 0.5) is 0 Å². The van der Waals surface area contributed by atoms with Crippen LogP contribution in [0.2, 0.25) is 10.0 Å². The molecule has 0 spiro atoms. The van der Waals surface area contributed by atoms with Crippen molar-refractivity contribution in [3.8, 4) is 0 Å². The van der Waals surface area contributed by atoms with E-state index in [1.165, 1.54) is 24.3 Å². The van der Waals surface area contributed by atoms with Crippen molar-refractivity contribution in [1.82, 2.24) is 3.97 Å². The van der Waals surface area contributed by atoms with Crippen molar-refractivity contribution in [1.29, 1.82) is 0 Å². The molecule has 172 valence electrons. The van der Waals surface area contributed by atoms with Gasteiger partial charge in [-0.05, 0) is 60.4 Å². The van der Waals surface area contributed by atoms with Crippen molar-refractivity contribution in [3.05, 3.63) is 94.0 Å². The van der Waals surface area contributed by atoms with Gasteiger partial charge in [0.25, 0.3) is 20.0 Å². The summed E-state index contributed by atoms with van der Waals surface area (Å²) < 4.78 is 53.8. The molecule has 0 fully saturated rings. The molecule has 1 aromatic heterocycles. The SMILES string of the molecule is CC(Cc1ccc(Cl)cc1)c1c(S(N)(=O)=O)n(S(=O)(=O)c2ccccc2)c2ccc(Cl)cc12. The minimum atomic E-state index is -4.45.